The van der Waals surface area contributed by atoms with Gasteiger partial charge in [0.1, 0.15) is 28.3 Å². The monoisotopic (exact) mass is 553 g/mol. The van der Waals surface area contributed by atoms with Crippen molar-refractivity contribution in [3.8, 4) is 0 Å². The number of hydrogen-bond acceptors (Lipinski definition) is 10. The molecule has 9 nitrogen and oxygen atoms in total. The Morgan fingerprint density at radius 3 is 2.54 bits per heavy atom. The van der Waals surface area contributed by atoms with Crippen molar-refractivity contribution in [2.24, 2.45) is 10.3 Å². The first-order valence-electron chi connectivity index (χ1n) is 10.6. The van der Waals surface area contributed by atoms with Crippen LogP contribution in [-0.4, -0.2) is 46.4 Å². The molecule has 0 saturated heterocycles. The summed E-state index contributed by atoms with van der Waals surface area (Å²) in [5, 5.41) is 26.6. The van der Waals surface area contributed by atoms with E-state index in [0.29, 0.717) is 22.2 Å². The fourth-order valence-electron chi connectivity index (χ4n) is 4.18. The van der Waals surface area contributed by atoms with Crippen LogP contribution < -0.4 is 10.6 Å². The molecule has 1 aromatic carbocycles. The second kappa shape index (κ2) is 10.3. The van der Waals surface area contributed by atoms with Crippen LogP contribution in [0.1, 0.15) is 38.0 Å². The van der Waals surface area contributed by atoms with Crippen LogP contribution >= 0.6 is 22.9 Å². The molecule has 1 unspecified atom stereocenters. The van der Waals surface area contributed by atoms with Gasteiger partial charge < -0.3 is 25.8 Å². The fourth-order valence-corrected chi connectivity index (χ4v) is 5.68. The van der Waals surface area contributed by atoms with Gasteiger partial charge in [-0.15, -0.1) is 11.3 Å². The molecule has 0 amide bonds. The third kappa shape index (κ3) is 4.79. The number of nitrogens with two attached hydrogens (primary N) is 1. The van der Waals surface area contributed by atoms with Gasteiger partial charge >= 0.3 is 12.1 Å². The molecule has 0 radical (unpaired) electrons. The van der Waals surface area contributed by atoms with E-state index in [1.807, 2.05) is 0 Å². The number of carbonyl (C=O) groups excluding carboxylic acids is 1. The molecule has 4 rings (SSSR count). The molecule has 3 aromatic rings. The summed E-state index contributed by atoms with van der Waals surface area (Å²) in [5.41, 5.74) is 5.84. The van der Waals surface area contributed by atoms with Gasteiger partial charge in [0.25, 0.3) is 0 Å². The predicted molar refractivity (Wildman–Crippen MR) is 132 cm³/mol. The van der Waals surface area contributed by atoms with E-state index in [1.165, 1.54) is 12.0 Å². The highest BCUT2D eigenvalue weighted by molar-refractivity contribution is 7.16. The molecule has 1 aliphatic heterocycles. The van der Waals surface area contributed by atoms with E-state index in [-0.39, 0.29) is 45.8 Å². The van der Waals surface area contributed by atoms with Gasteiger partial charge in [-0.2, -0.15) is 13.2 Å². The quantitative estimate of drug-likeness (QED) is 0.175. The Hall–Kier alpha value is -3.84. The second-order valence-electron chi connectivity index (χ2n) is 7.85. The molecule has 1 atom stereocenters. The van der Waals surface area contributed by atoms with Gasteiger partial charge in [-0.3, -0.25) is 0 Å². The Balaban J connectivity index is 1.93. The van der Waals surface area contributed by atoms with E-state index in [9.17, 15) is 28.4 Å². The number of thiophene rings is 1. The average Bonchev–Trinajstić information content (AvgIpc) is 3.22. The molecule has 1 aliphatic rings. The van der Waals surface area contributed by atoms with Gasteiger partial charge in [-0.1, -0.05) is 52.2 Å². The number of fused-ring (bicyclic) bond motifs is 1. The number of anilines is 2. The number of carbonyl (C=O) groups is 1. The number of nitrogen functional groups attached to an aromatic ring is 1. The zero-order valence-corrected chi connectivity index (χ0v) is 20.6. The molecule has 4 N–H and O–H groups in total. The Morgan fingerprint density at radius 2 is 1.97 bits per heavy atom. The van der Waals surface area contributed by atoms with Crippen molar-refractivity contribution < 1.29 is 33.1 Å². The normalized spacial score (nSPS) is 16.5. The predicted octanol–water partition coefficient (Wildman–Crippen LogP) is 5.00. The standard InChI is InChI=1S/C23H19ClF3N5O4S/c1-36-22(33)15-13-7-8-32(21-14(24)9-12(10-29-21)23(25,26)27)18(19(13)37-20(15)28)17(31-35)16(30-34)11-5-3-2-4-6-11/h2-6,9-10,18,34-35H,7-8,28H2,1H3. The van der Waals surface area contributed by atoms with Crippen molar-refractivity contribution in [1.29, 1.82) is 0 Å². The number of methoxy groups -OCH3 is 1. The maximum Gasteiger partial charge on any atom is 0.417 e. The summed E-state index contributed by atoms with van der Waals surface area (Å²) in [5.74, 6) is -0.710. The van der Waals surface area contributed by atoms with Crippen LogP contribution in [0, 0.1) is 0 Å². The molecule has 0 bridgehead atoms. The Morgan fingerprint density at radius 1 is 1.27 bits per heavy atom. The van der Waals surface area contributed by atoms with Crippen molar-refractivity contribution in [3.63, 3.8) is 0 Å². The number of esters is 1. The average molecular weight is 554 g/mol. The third-order valence-electron chi connectivity index (χ3n) is 5.80. The maximum atomic E-state index is 13.2. The second-order valence-corrected chi connectivity index (χ2v) is 9.34. The number of alkyl halides is 3. The van der Waals surface area contributed by atoms with Crippen molar-refractivity contribution >= 4 is 51.1 Å². The first kappa shape index (κ1) is 26.2. The van der Waals surface area contributed by atoms with Crippen LogP contribution in [0.3, 0.4) is 0 Å². The summed E-state index contributed by atoms with van der Waals surface area (Å²) in [7, 11) is 1.21. The van der Waals surface area contributed by atoms with E-state index < -0.39 is 23.8 Å². The summed E-state index contributed by atoms with van der Waals surface area (Å²) < 4.78 is 44.6. The first-order valence-corrected chi connectivity index (χ1v) is 11.8. The van der Waals surface area contributed by atoms with Crippen LogP contribution in [0.2, 0.25) is 5.02 Å². The summed E-state index contributed by atoms with van der Waals surface area (Å²) in [4.78, 5) is 18.4. The highest BCUT2D eigenvalue weighted by atomic mass is 35.5. The zero-order chi connectivity index (χ0) is 26.9. The van der Waals surface area contributed by atoms with Gasteiger partial charge in [0.05, 0.1) is 23.3 Å². The topological polar surface area (TPSA) is 134 Å². The molecule has 3 heterocycles. The van der Waals surface area contributed by atoms with Crippen LogP contribution in [0.5, 0.6) is 0 Å². The maximum absolute atomic E-state index is 13.2. The molecule has 0 aliphatic carbocycles. The Bertz CT molecular complexity index is 1400. The van der Waals surface area contributed by atoms with E-state index in [2.05, 4.69) is 15.3 Å². The summed E-state index contributed by atoms with van der Waals surface area (Å²) >= 11 is 7.27. The van der Waals surface area contributed by atoms with Crippen LogP contribution in [0.4, 0.5) is 24.0 Å². The van der Waals surface area contributed by atoms with Crippen LogP contribution in [0.25, 0.3) is 0 Å². The highest BCUT2D eigenvalue weighted by Crippen LogP contribution is 2.45. The molecule has 0 saturated carbocycles. The number of halogens is 4. The molecule has 194 valence electrons. The molecule has 0 fully saturated rings. The number of hydrogen-bond donors (Lipinski definition) is 3. The van der Waals surface area contributed by atoms with Crippen molar-refractivity contribution in [2.75, 3.05) is 24.3 Å². The summed E-state index contributed by atoms with van der Waals surface area (Å²) in [6.45, 7) is 0.0858. The largest absolute Gasteiger partial charge is 0.465 e. The lowest BCUT2D eigenvalue weighted by Crippen LogP contribution is -2.43. The number of rotatable bonds is 5. The lowest BCUT2D eigenvalue weighted by molar-refractivity contribution is -0.137. The van der Waals surface area contributed by atoms with Crippen LogP contribution in [0.15, 0.2) is 52.9 Å². The van der Waals surface area contributed by atoms with E-state index in [0.717, 1.165) is 17.4 Å². The van der Waals surface area contributed by atoms with Gasteiger partial charge in [-0.25, -0.2) is 9.78 Å². The Labute approximate surface area is 217 Å². The number of pyridine rings is 1. The SMILES string of the molecule is COC(=O)c1c(N)sc2c1CCN(c1ncc(C(F)(F)F)cc1Cl)C2C(=NO)C(=NO)c1ccccc1. The molecular weight excluding hydrogens is 535 g/mol. The van der Waals surface area contributed by atoms with Gasteiger partial charge in [0.2, 0.25) is 0 Å². The summed E-state index contributed by atoms with van der Waals surface area (Å²) in [6, 6.07) is 7.95. The smallest absolute Gasteiger partial charge is 0.417 e. The molecule has 14 heteroatoms. The highest BCUT2D eigenvalue weighted by Gasteiger charge is 2.41. The molecular formula is C23H19ClF3N5O4S. The fraction of sp³-hybridized carbons (Fsp3) is 0.217. The third-order valence-corrected chi connectivity index (χ3v) is 7.19. The van der Waals surface area contributed by atoms with Gasteiger partial charge in [0.15, 0.2) is 0 Å². The number of aromatic nitrogens is 1. The minimum atomic E-state index is -4.66. The Kier molecular flexibility index (Phi) is 7.28. The lowest BCUT2D eigenvalue weighted by Gasteiger charge is -2.37. The molecule has 37 heavy (non-hydrogen) atoms. The van der Waals surface area contributed by atoms with Gasteiger partial charge in [0, 0.05) is 23.2 Å². The molecule has 2 aromatic heterocycles. The number of oxime groups is 2. The minimum Gasteiger partial charge on any atom is -0.465 e. The minimum absolute atomic E-state index is 0.0385. The van der Waals surface area contributed by atoms with E-state index in [1.54, 1.807) is 30.3 Å². The van der Waals surface area contributed by atoms with Crippen molar-refractivity contribution in [1.82, 2.24) is 4.98 Å². The van der Waals surface area contributed by atoms with Crippen molar-refractivity contribution in [3.05, 3.63) is 74.7 Å². The lowest BCUT2D eigenvalue weighted by atomic mass is 9.91. The first-order chi connectivity index (χ1) is 17.6. The molecule has 0 spiro atoms. The zero-order valence-electron chi connectivity index (χ0n) is 19.0. The number of nitrogens with zero attached hydrogens (tertiary/aromatic N) is 4. The van der Waals surface area contributed by atoms with Gasteiger partial charge in [-0.05, 0) is 18.1 Å². The van der Waals surface area contributed by atoms with Crippen molar-refractivity contribution in [2.45, 2.75) is 18.6 Å². The number of benzene rings is 1. The number of ether oxygens (including phenoxy) is 1. The van der Waals surface area contributed by atoms with E-state index >= 15 is 0 Å². The van der Waals surface area contributed by atoms with Crippen LogP contribution in [-0.2, 0) is 17.3 Å². The summed E-state index contributed by atoms with van der Waals surface area (Å²) in [6.07, 6.45) is -3.80. The van der Waals surface area contributed by atoms with E-state index in [4.69, 9.17) is 22.1 Å².